The zero-order chi connectivity index (χ0) is 34.5. The minimum atomic E-state index is -4.79. The van der Waals surface area contributed by atoms with Gasteiger partial charge in [-0.2, -0.15) is 18.2 Å². The van der Waals surface area contributed by atoms with Crippen LogP contribution in [0.25, 0.3) is 17.1 Å². The maximum absolute atomic E-state index is 12.8. The van der Waals surface area contributed by atoms with E-state index < -0.39 is 25.6 Å². The number of halogens is 6. The molecule has 0 unspecified atom stereocenters. The summed E-state index contributed by atoms with van der Waals surface area (Å²) in [4.78, 5) is 28.0. The number of ether oxygens (including phenoxy) is 2. The van der Waals surface area contributed by atoms with E-state index in [1.54, 1.807) is 43.3 Å². The molecular formula is C30H24F6N6O4S2. The number of hydrogen-bond donors (Lipinski definition) is 1. The molecule has 252 valence electrons. The van der Waals surface area contributed by atoms with Crippen molar-refractivity contribution < 1.29 is 45.4 Å². The molecule has 1 saturated heterocycles. The van der Waals surface area contributed by atoms with Gasteiger partial charge in [0.1, 0.15) is 17.8 Å². The lowest BCUT2D eigenvalue weighted by Gasteiger charge is -2.21. The number of nitrogens with zero attached hydrogens (tertiary/aromatic N) is 5. The fourth-order valence-corrected chi connectivity index (χ4v) is 5.31. The van der Waals surface area contributed by atoms with E-state index in [2.05, 4.69) is 25.3 Å². The molecule has 1 amide bonds. The van der Waals surface area contributed by atoms with Gasteiger partial charge < -0.3 is 9.47 Å². The topological polar surface area (TPSA) is 103 Å². The first-order chi connectivity index (χ1) is 22.7. The fraction of sp³-hybridized carbons (Fsp3) is 0.233. The van der Waals surface area contributed by atoms with E-state index in [0.717, 1.165) is 22.9 Å². The molecule has 0 atom stereocenters. The number of carbonyl (C=O) groups is 1. The van der Waals surface area contributed by atoms with Crippen LogP contribution in [0.2, 0.25) is 0 Å². The lowest BCUT2D eigenvalue weighted by atomic mass is 10.1. The van der Waals surface area contributed by atoms with Gasteiger partial charge in [-0.05, 0) is 66.7 Å². The summed E-state index contributed by atoms with van der Waals surface area (Å²) in [6.45, 7) is 1.23. The van der Waals surface area contributed by atoms with Gasteiger partial charge in [-0.1, -0.05) is 42.1 Å². The summed E-state index contributed by atoms with van der Waals surface area (Å²) in [5, 5.41) is 4.48. The second kappa shape index (κ2) is 14.6. The second-order valence-electron chi connectivity index (χ2n) is 10.0. The zero-order valence-electron chi connectivity index (χ0n) is 24.7. The summed E-state index contributed by atoms with van der Waals surface area (Å²) >= 11 is 6.37. The molecule has 1 fully saturated rings. The van der Waals surface area contributed by atoms with E-state index in [4.69, 9.17) is 21.8 Å². The number of amides is 1. The highest BCUT2D eigenvalue weighted by Crippen LogP contribution is 2.36. The maximum atomic E-state index is 12.8. The molecule has 5 rings (SSSR count). The Morgan fingerprint density at radius 3 is 2.46 bits per heavy atom. The highest BCUT2D eigenvalue weighted by Gasteiger charge is 2.33. The molecule has 0 spiro atoms. The number of anilines is 1. The molecule has 1 N–H and O–H groups in total. The van der Waals surface area contributed by atoms with Crippen molar-refractivity contribution in [1.29, 1.82) is 0 Å². The molecule has 0 saturated carbocycles. The summed E-state index contributed by atoms with van der Waals surface area (Å²) in [5.74, 6) is -0.178. The third-order valence-electron chi connectivity index (χ3n) is 6.40. The number of aromatic nitrogens is 3. The quantitative estimate of drug-likeness (QED) is 0.107. The van der Waals surface area contributed by atoms with Crippen molar-refractivity contribution >= 4 is 45.9 Å². The SMILES string of the molecule is Cc1ccc(OCCC(F)(F)F)c(N2C(=O)CSC2=NC(=S)NOCc2ccc(-c3ncn(-c4ccc(OC(F)(F)F)cc4)n3)cc2)c1. The Morgan fingerprint density at radius 2 is 1.77 bits per heavy atom. The number of amidine groups is 1. The summed E-state index contributed by atoms with van der Waals surface area (Å²) in [7, 11) is 0. The summed E-state index contributed by atoms with van der Waals surface area (Å²) < 4.78 is 85.8. The van der Waals surface area contributed by atoms with Gasteiger partial charge in [0.05, 0.1) is 36.8 Å². The molecule has 10 nitrogen and oxygen atoms in total. The smallest absolute Gasteiger partial charge is 0.491 e. The molecule has 4 aromatic rings. The van der Waals surface area contributed by atoms with Crippen molar-refractivity contribution in [2.75, 3.05) is 17.3 Å². The van der Waals surface area contributed by atoms with Crippen LogP contribution in [0.1, 0.15) is 17.5 Å². The van der Waals surface area contributed by atoms with Gasteiger partial charge in [-0.25, -0.2) is 15.1 Å². The molecule has 0 aliphatic carbocycles. The Bertz CT molecular complexity index is 1800. The highest BCUT2D eigenvalue weighted by atomic mass is 32.2. The largest absolute Gasteiger partial charge is 0.573 e. The molecule has 1 aromatic heterocycles. The lowest BCUT2D eigenvalue weighted by Crippen LogP contribution is -2.32. The third kappa shape index (κ3) is 9.45. The average Bonchev–Trinajstić information content (AvgIpc) is 3.64. The third-order valence-corrected chi connectivity index (χ3v) is 7.50. The van der Waals surface area contributed by atoms with Crippen molar-refractivity contribution in [3.05, 3.63) is 84.2 Å². The second-order valence-corrected chi connectivity index (χ2v) is 11.4. The molecule has 48 heavy (non-hydrogen) atoms. The molecule has 0 radical (unpaired) electrons. The van der Waals surface area contributed by atoms with E-state index in [1.807, 2.05) is 0 Å². The number of hydrogen-bond acceptors (Lipinski definition) is 8. The van der Waals surface area contributed by atoms with Gasteiger partial charge >= 0.3 is 12.5 Å². The number of thioether (sulfide) groups is 1. The van der Waals surface area contributed by atoms with Crippen molar-refractivity contribution in [3.8, 4) is 28.6 Å². The first kappa shape index (κ1) is 34.6. The molecule has 2 heterocycles. The molecule has 3 aromatic carbocycles. The normalized spacial score (nSPS) is 14.4. The van der Waals surface area contributed by atoms with E-state index >= 15 is 0 Å². The number of benzene rings is 3. The van der Waals surface area contributed by atoms with Crippen molar-refractivity contribution in [3.63, 3.8) is 0 Å². The first-order valence-corrected chi connectivity index (χ1v) is 15.3. The molecule has 0 bridgehead atoms. The van der Waals surface area contributed by atoms with Gasteiger partial charge in [0, 0.05) is 5.56 Å². The van der Waals surface area contributed by atoms with Crippen LogP contribution < -0.4 is 19.9 Å². The minimum Gasteiger partial charge on any atom is -0.491 e. The minimum absolute atomic E-state index is 0.0425. The standard InChI is InChI=1S/C30H24F6N6O4S2/c1-18-2-11-24(44-13-12-29(31,32)33)23(14-18)42-25(43)16-48-28(42)38-27(47)40-45-15-19-3-5-20(6-4-19)26-37-17-41(39-26)21-7-9-22(10-8-21)46-30(34,35)36/h2-11,14,17H,12-13,15-16H2,1H3,(H,40,47). The summed E-state index contributed by atoms with van der Waals surface area (Å²) in [5.41, 5.74) is 5.45. The zero-order valence-corrected chi connectivity index (χ0v) is 26.3. The van der Waals surface area contributed by atoms with Crippen molar-refractivity contribution in [2.24, 2.45) is 4.99 Å². The number of alkyl halides is 6. The summed E-state index contributed by atoms with van der Waals surface area (Å²) in [6.07, 6.45) is -8.90. The van der Waals surface area contributed by atoms with Gasteiger partial charge in [-0.15, -0.1) is 18.3 Å². The first-order valence-electron chi connectivity index (χ1n) is 13.9. The number of carbonyl (C=O) groups excluding carboxylic acids is 1. The van der Waals surface area contributed by atoms with Crippen LogP contribution in [-0.4, -0.2) is 55.9 Å². The van der Waals surface area contributed by atoms with E-state index in [1.165, 1.54) is 46.2 Å². The van der Waals surface area contributed by atoms with Gasteiger partial charge in [-0.3, -0.25) is 14.5 Å². The number of aliphatic imine (C=N–C) groups is 1. The van der Waals surface area contributed by atoms with Crippen LogP contribution in [-0.2, 0) is 16.2 Å². The van der Waals surface area contributed by atoms with Crippen LogP contribution >= 0.6 is 24.0 Å². The fourth-order valence-electron chi connectivity index (χ4n) is 4.24. The molecule has 1 aliphatic heterocycles. The van der Waals surface area contributed by atoms with E-state index in [0.29, 0.717) is 17.1 Å². The van der Waals surface area contributed by atoms with Crippen LogP contribution in [0.15, 0.2) is 78.0 Å². The van der Waals surface area contributed by atoms with Gasteiger partial charge in [0.25, 0.3) is 0 Å². The predicted octanol–water partition coefficient (Wildman–Crippen LogP) is 6.91. The van der Waals surface area contributed by atoms with Crippen molar-refractivity contribution in [1.82, 2.24) is 20.2 Å². The van der Waals surface area contributed by atoms with Gasteiger partial charge in [0.2, 0.25) is 11.0 Å². The Balaban J connectivity index is 1.17. The number of aryl methyl sites for hydroxylation is 1. The Labute approximate surface area is 278 Å². The Morgan fingerprint density at radius 1 is 1.04 bits per heavy atom. The Hall–Kier alpha value is -4.68. The number of thiocarbonyl (C=S) groups is 1. The monoisotopic (exact) mass is 710 g/mol. The molecular weight excluding hydrogens is 686 g/mol. The Kier molecular flexibility index (Phi) is 10.5. The van der Waals surface area contributed by atoms with E-state index in [-0.39, 0.29) is 45.7 Å². The van der Waals surface area contributed by atoms with Crippen molar-refractivity contribution in [2.45, 2.75) is 32.5 Å². The van der Waals surface area contributed by atoms with Crippen LogP contribution in [0.3, 0.4) is 0 Å². The lowest BCUT2D eigenvalue weighted by molar-refractivity contribution is -0.274. The van der Waals surface area contributed by atoms with Crippen LogP contribution in [0, 0.1) is 6.92 Å². The predicted molar refractivity (Wildman–Crippen MR) is 169 cm³/mol. The molecule has 1 aliphatic rings. The number of rotatable bonds is 10. The molecule has 18 heteroatoms. The van der Waals surface area contributed by atoms with Gasteiger partial charge in [0.15, 0.2) is 11.0 Å². The number of hydroxylamine groups is 1. The highest BCUT2D eigenvalue weighted by molar-refractivity contribution is 8.15. The number of nitrogens with one attached hydrogen (secondary N) is 1. The van der Waals surface area contributed by atoms with E-state index in [9.17, 15) is 31.1 Å². The maximum Gasteiger partial charge on any atom is 0.573 e. The summed E-state index contributed by atoms with van der Waals surface area (Å²) in [6, 6.07) is 17.0. The van der Waals surface area contributed by atoms with Crippen LogP contribution in [0.5, 0.6) is 11.5 Å². The average molecular weight is 711 g/mol. The van der Waals surface area contributed by atoms with Crippen LogP contribution in [0.4, 0.5) is 32.0 Å².